The molecule has 1 aromatic carbocycles. The molecule has 0 aromatic heterocycles. The number of fused-ring (bicyclic) bond motifs is 1. The molecule has 2 atom stereocenters. The Morgan fingerprint density at radius 2 is 1.63 bits per heavy atom. The van der Waals surface area contributed by atoms with Gasteiger partial charge in [0.05, 0.1) is 5.75 Å². The Hall–Kier alpha value is -1.11. The third-order valence-corrected chi connectivity index (χ3v) is 7.81. The van der Waals surface area contributed by atoms with Crippen LogP contribution in [0.1, 0.15) is 63.0 Å². The molecule has 0 radical (unpaired) electrons. The lowest BCUT2D eigenvalue weighted by molar-refractivity contribution is 0.150. The topological polar surface area (TPSA) is 52.7 Å². The third-order valence-electron chi connectivity index (χ3n) is 6.54. The quantitative estimate of drug-likeness (QED) is 0.805. The second-order valence-electron chi connectivity index (χ2n) is 8.43. The normalized spacial score (nSPS) is 27.4. The summed E-state index contributed by atoms with van der Waals surface area (Å²) in [6.45, 7) is 3.90. The van der Waals surface area contributed by atoms with E-state index in [-0.39, 0.29) is 5.75 Å². The number of nitrogens with one attached hydrogen (secondary N) is 1. The van der Waals surface area contributed by atoms with E-state index in [4.69, 9.17) is 0 Å². The average Bonchev–Trinajstić information content (AvgIpc) is 3.12. The minimum Gasteiger partial charge on any atom is -0.302 e. The van der Waals surface area contributed by atoms with E-state index in [2.05, 4.69) is 26.7 Å². The molecule has 1 aromatic rings. The van der Waals surface area contributed by atoms with Gasteiger partial charge >= 0.3 is 0 Å². The largest absolute Gasteiger partial charge is 0.302 e. The standard InChI is InChI=1S/C21H33N3O2S/c25-27(26,17-16-23-13-3-1-4-14-23)22-19-9-7-18(8-10-19)21-12-11-20-6-2-5-15-24(20)21/h7-10,20-22H,1-6,11-17H2. The highest BCUT2D eigenvalue weighted by Gasteiger charge is 2.35. The number of hydrogen-bond acceptors (Lipinski definition) is 4. The molecule has 150 valence electrons. The predicted octanol–water partition coefficient (Wildman–Crippen LogP) is 3.60. The van der Waals surface area contributed by atoms with Crippen LogP contribution >= 0.6 is 0 Å². The van der Waals surface area contributed by atoms with Gasteiger partial charge in [-0.1, -0.05) is 25.0 Å². The molecule has 0 saturated carbocycles. The highest BCUT2D eigenvalue weighted by molar-refractivity contribution is 7.92. The van der Waals surface area contributed by atoms with Crippen LogP contribution in [0.3, 0.4) is 0 Å². The molecule has 27 heavy (non-hydrogen) atoms. The maximum atomic E-state index is 12.4. The second-order valence-corrected chi connectivity index (χ2v) is 10.3. The first-order chi connectivity index (χ1) is 13.1. The molecule has 2 unspecified atom stereocenters. The number of benzene rings is 1. The number of hydrogen-bond donors (Lipinski definition) is 1. The second kappa shape index (κ2) is 8.50. The van der Waals surface area contributed by atoms with Gasteiger partial charge in [0.25, 0.3) is 0 Å². The van der Waals surface area contributed by atoms with Crippen molar-refractivity contribution >= 4 is 15.7 Å². The molecule has 0 spiro atoms. The molecule has 1 N–H and O–H groups in total. The summed E-state index contributed by atoms with van der Waals surface area (Å²) in [5.74, 6) is 0.173. The van der Waals surface area contributed by atoms with Gasteiger partial charge in [-0.2, -0.15) is 0 Å². The summed E-state index contributed by atoms with van der Waals surface area (Å²) in [5, 5.41) is 0. The minimum absolute atomic E-state index is 0.173. The number of piperidine rings is 2. The zero-order valence-corrected chi connectivity index (χ0v) is 17.1. The maximum absolute atomic E-state index is 12.4. The maximum Gasteiger partial charge on any atom is 0.233 e. The summed E-state index contributed by atoms with van der Waals surface area (Å²) in [6.07, 6.45) is 10.2. The van der Waals surface area contributed by atoms with Crippen molar-refractivity contribution in [2.75, 3.05) is 36.7 Å². The molecule has 6 heteroatoms. The Labute approximate surface area is 164 Å². The van der Waals surface area contributed by atoms with Gasteiger partial charge in [0.2, 0.25) is 10.0 Å². The lowest BCUT2D eigenvalue weighted by Crippen LogP contribution is -2.35. The van der Waals surface area contributed by atoms with Crippen molar-refractivity contribution in [3.05, 3.63) is 29.8 Å². The van der Waals surface area contributed by atoms with Crippen LogP contribution in [0, 0.1) is 0 Å². The van der Waals surface area contributed by atoms with E-state index in [9.17, 15) is 8.42 Å². The van der Waals surface area contributed by atoms with Crippen LogP contribution in [0.25, 0.3) is 0 Å². The highest BCUT2D eigenvalue weighted by Crippen LogP contribution is 2.40. The SMILES string of the molecule is O=S(=O)(CCN1CCCCC1)Nc1ccc(C2CCC3CCCCN32)cc1. The molecular weight excluding hydrogens is 358 g/mol. The van der Waals surface area contributed by atoms with Gasteiger partial charge < -0.3 is 4.90 Å². The first kappa shape index (κ1) is 19.2. The fourth-order valence-corrected chi connectivity index (χ4v) is 6.15. The van der Waals surface area contributed by atoms with Crippen molar-refractivity contribution in [1.29, 1.82) is 0 Å². The van der Waals surface area contributed by atoms with Crippen molar-refractivity contribution in [2.24, 2.45) is 0 Å². The smallest absolute Gasteiger partial charge is 0.233 e. The number of rotatable bonds is 6. The van der Waals surface area contributed by atoms with Crippen LogP contribution in [0.5, 0.6) is 0 Å². The Kier molecular flexibility index (Phi) is 6.05. The van der Waals surface area contributed by atoms with Crippen LogP contribution in [0.15, 0.2) is 24.3 Å². The van der Waals surface area contributed by atoms with Gasteiger partial charge in [-0.25, -0.2) is 8.42 Å². The minimum atomic E-state index is -3.29. The fourth-order valence-electron chi connectivity index (χ4n) is 5.05. The first-order valence-electron chi connectivity index (χ1n) is 10.7. The fraction of sp³-hybridized carbons (Fsp3) is 0.714. The van der Waals surface area contributed by atoms with Crippen LogP contribution in [0.2, 0.25) is 0 Å². The molecule has 0 bridgehead atoms. The summed E-state index contributed by atoms with van der Waals surface area (Å²) < 4.78 is 27.6. The van der Waals surface area contributed by atoms with Gasteiger partial charge in [0, 0.05) is 24.3 Å². The molecule has 0 amide bonds. The first-order valence-corrected chi connectivity index (χ1v) is 12.3. The molecular formula is C21H33N3O2S. The van der Waals surface area contributed by atoms with Gasteiger partial charge in [-0.05, 0) is 75.9 Å². The van der Waals surface area contributed by atoms with Crippen molar-refractivity contribution in [3.8, 4) is 0 Å². The van der Waals surface area contributed by atoms with E-state index in [0.29, 0.717) is 18.3 Å². The summed E-state index contributed by atoms with van der Waals surface area (Å²) in [7, 11) is -3.29. The van der Waals surface area contributed by atoms with Gasteiger partial charge in [-0.15, -0.1) is 0 Å². The monoisotopic (exact) mass is 391 g/mol. The average molecular weight is 392 g/mol. The third kappa shape index (κ3) is 4.84. The number of likely N-dealkylation sites (tertiary alicyclic amines) is 1. The summed E-state index contributed by atoms with van der Waals surface area (Å²) in [6, 6.07) is 9.38. The lowest BCUT2D eigenvalue weighted by Gasteiger charge is -2.34. The Morgan fingerprint density at radius 1 is 0.889 bits per heavy atom. The van der Waals surface area contributed by atoms with Crippen molar-refractivity contribution in [1.82, 2.24) is 9.80 Å². The van der Waals surface area contributed by atoms with Gasteiger partial charge in [0.1, 0.15) is 0 Å². The van der Waals surface area contributed by atoms with E-state index < -0.39 is 10.0 Å². The molecule has 3 fully saturated rings. The molecule has 4 rings (SSSR count). The highest BCUT2D eigenvalue weighted by atomic mass is 32.2. The van der Waals surface area contributed by atoms with Crippen molar-refractivity contribution < 1.29 is 8.42 Å². The van der Waals surface area contributed by atoms with Crippen molar-refractivity contribution in [2.45, 2.75) is 63.5 Å². The molecule has 3 saturated heterocycles. The summed E-state index contributed by atoms with van der Waals surface area (Å²) >= 11 is 0. The molecule has 3 heterocycles. The van der Waals surface area contributed by atoms with E-state index >= 15 is 0 Å². The van der Waals surface area contributed by atoms with Gasteiger partial charge in [-0.3, -0.25) is 9.62 Å². The zero-order valence-electron chi connectivity index (χ0n) is 16.3. The molecule has 5 nitrogen and oxygen atoms in total. The van der Waals surface area contributed by atoms with Crippen LogP contribution < -0.4 is 4.72 Å². The number of sulfonamides is 1. The summed E-state index contributed by atoms with van der Waals surface area (Å²) in [5.41, 5.74) is 2.02. The van der Waals surface area contributed by atoms with E-state index in [1.807, 2.05) is 12.1 Å². The molecule has 0 aliphatic carbocycles. The van der Waals surface area contributed by atoms with E-state index in [1.165, 1.54) is 63.5 Å². The Bertz CT molecular complexity index is 713. The van der Waals surface area contributed by atoms with Crippen LogP contribution in [-0.2, 0) is 10.0 Å². The van der Waals surface area contributed by atoms with E-state index in [0.717, 1.165) is 19.1 Å². The van der Waals surface area contributed by atoms with Gasteiger partial charge in [0.15, 0.2) is 0 Å². The lowest BCUT2D eigenvalue weighted by atomic mass is 10.0. The van der Waals surface area contributed by atoms with Crippen LogP contribution in [-0.4, -0.2) is 56.2 Å². The van der Waals surface area contributed by atoms with Crippen molar-refractivity contribution in [3.63, 3.8) is 0 Å². The molecule has 3 aliphatic heterocycles. The summed E-state index contributed by atoms with van der Waals surface area (Å²) in [4.78, 5) is 4.93. The Balaban J connectivity index is 1.33. The van der Waals surface area contributed by atoms with E-state index in [1.54, 1.807) is 0 Å². The Morgan fingerprint density at radius 3 is 2.41 bits per heavy atom. The van der Waals surface area contributed by atoms with Crippen LogP contribution in [0.4, 0.5) is 5.69 Å². The number of nitrogens with zero attached hydrogens (tertiary/aromatic N) is 2. The predicted molar refractivity (Wildman–Crippen MR) is 110 cm³/mol. The number of anilines is 1. The molecule has 3 aliphatic rings. The zero-order chi connectivity index (χ0) is 18.7.